The third-order valence-corrected chi connectivity index (χ3v) is 6.48. The largest absolute Gasteiger partial charge is 0.284 e. The predicted molar refractivity (Wildman–Crippen MR) is 79.6 cm³/mol. The average molecular weight is 282 g/mol. The van der Waals surface area contributed by atoms with Crippen LogP contribution in [0.25, 0.3) is 0 Å². The van der Waals surface area contributed by atoms with Crippen molar-refractivity contribution in [1.29, 1.82) is 0 Å². The van der Waals surface area contributed by atoms with Crippen molar-refractivity contribution in [3.8, 4) is 0 Å². The highest BCUT2D eigenvalue weighted by Crippen LogP contribution is 2.41. The monoisotopic (exact) mass is 282 g/mol. The number of thioether (sulfide) groups is 1. The Balaban J connectivity index is 2.56. The summed E-state index contributed by atoms with van der Waals surface area (Å²) in [4.78, 5) is 8.58. The summed E-state index contributed by atoms with van der Waals surface area (Å²) in [5.41, 5.74) is 1.04. The molecular weight excluding hydrogens is 264 g/mol. The van der Waals surface area contributed by atoms with Crippen LogP contribution in [0.2, 0.25) is 0 Å². The smallest absolute Gasteiger partial charge is 0.120 e. The number of hydrogen-bond acceptors (Lipinski definition) is 4. The Kier molecular flexibility index (Phi) is 4.56. The Morgan fingerprint density at radius 2 is 2.39 bits per heavy atom. The van der Waals surface area contributed by atoms with Gasteiger partial charge in [-0.3, -0.25) is 14.2 Å². The first kappa shape index (κ1) is 13.7. The predicted octanol–water partition coefficient (Wildman–Crippen LogP) is 2.60. The Morgan fingerprint density at radius 3 is 2.94 bits per heavy atom. The van der Waals surface area contributed by atoms with Crippen molar-refractivity contribution in [3.63, 3.8) is 0 Å². The lowest BCUT2D eigenvalue weighted by Gasteiger charge is -2.36. The number of aliphatic imine (C=N–C) groups is 1. The Labute approximate surface area is 115 Å². The minimum atomic E-state index is -0.909. The van der Waals surface area contributed by atoms with Crippen molar-refractivity contribution in [3.05, 3.63) is 30.1 Å². The van der Waals surface area contributed by atoms with Crippen LogP contribution in [0.1, 0.15) is 24.8 Å². The van der Waals surface area contributed by atoms with E-state index < -0.39 is 15.5 Å². The summed E-state index contributed by atoms with van der Waals surface area (Å²) in [6.45, 7) is 0. The molecule has 1 aromatic heterocycles. The van der Waals surface area contributed by atoms with Gasteiger partial charge in [-0.05, 0) is 30.7 Å². The highest BCUT2D eigenvalue weighted by atomic mass is 32.2. The van der Waals surface area contributed by atoms with E-state index in [1.807, 2.05) is 24.6 Å². The van der Waals surface area contributed by atoms with E-state index in [0.717, 1.165) is 35.6 Å². The Hall–Kier alpha value is -0.680. The van der Waals surface area contributed by atoms with E-state index in [4.69, 9.17) is 0 Å². The molecule has 98 valence electrons. The molecule has 0 aromatic carbocycles. The maximum absolute atomic E-state index is 12.7. The van der Waals surface area contributed by atoms with Gasteiger partial charge in [-0.25, -0.2) is 0 Å². The molecular formula is C13H18N2OS2. The van der Waals surface area contributed by atoms with Crippen LogP contribution >= 0.6 is 11.8 Å². The molecule has 1 aliphatic rings. The fourth-order valence-electron chi connectivity index (χ4n) is 2.54. The molecule has 2 heterocycles. The molecule has 18 heavy (non-hydrogen) atoms. The van der Waals surface area contributed by atoms with Gasteiger partial charge in [-0.15, -0.1) is 11.8 Å². The van der Waals surface area contributed by atoms with E-state index in [1.54, 1.807) is 25.0 Å². The molecule has 1 unspecified atom stereocenters. The lowest BCUT2D eigenvalue weighted by molar-refractivity contribution is 0.579. The zero-order chi connectivity index (χ0) is 13.0. The molecule has 0 amide bonds. The average Bonchev–Trinajstić information content (AvgIpc) is 2.43. The van der Waals surface area contributed by atoms with Gasteiger partial charge in [0.15, 0.2) is 0 Å². The third kappa shape index (κ3) is 2.26. The molecule has 0 saturated carbocycles. The van der Waals surface area contributed by atoms with Gasteiger partial charge in [-0.1, -0.05) is 12.5 Å². The molecule has 1 aromatic rings. The number of pyridine rings is 1. The summed E-state index contributed by atoms with van der Waals surface area (Å²) in [5, 5.41) is 0.966. The van der Waals surface area contributed by atoms with Crippen molar-refractivity contribution in [2.45, 2.75) is 24.0 Å². The van der Waals surface area contributed by atoms with Crippen LogP contribution in [0, 0.1) is 0 Å². The quantitative estimate of drug-likeness (QED) is 0.618. The second kappa shape index (κ2) is 5.97. The molecule has 0 bridgehead atoms. The summed E-state index contributed by atoms with van der Waals surface area (Å²) in [5.74, 6) is 0.758. The van der Waals surface area contributed by atoms with E-state index in [-0.39, 0.29) is 0 Å². The Morgan fingerprint density at radius 1 is 1.56 bits per heavy atom. The number of hydrogen-bond donors (Lipinski definition) is 0. The van der Waals surface area contributed by atoms with Crippen LogP contribution in [-0.4, -0.2) is 33.3 Å². The van der Waals surface area contributed by atoms with Gasteiger partial charge >= 0.3 is 0 Å². The van der Waals surface area contributed by atoms with Crippen LogP contribution < -0.4 is 0 Å². The second-order valence-corrected chi connectivity index (χ2v) is 6.90. The fourth-order valence-corrected chi connectivity index (χ4v) is 5.65. The second-order valence-electron chi connectivity index (χ2n) is 4.31. The van der Waals surface area contributed by atoms with Gasteiger partial charge in [0.25, 0.3) is 0 Å². The van der Waals surface area contributed by atoms with Gasteiger partial charge in [0.2, 0.25) is 0 Å². The molecule has 1 aliphatic heterocycles. The maximum Gasteiger partial charge on any atom is 0.120 e. The molecule has 1 saturated heterocycles. The Bertz CT molecular complexity index is 461. The third-order valence-electron chi connectivity index (χ3n) is 3.37. The standard InChI is InChI=1S/C13H18N2OS2/c1-14-12(17-2)13(7-3-4-9-18(13)16)11-6-5-8-15-10-11/h5-6,8,10H,3-4,7,9H2,1-2H3/t13-,18?/m1/s1. The molecule has 3 nitrogen and oxygen atoms in total. The topological polar surface area (TPSA) is 42.3 Å². The van der Waals surface area contributed by atoms with Crippen LogP contribution in [0.15, 0.2) is 29.5 Å². The summed E-state index contributed by atoms with van der Waals surface area (Å²) in [6, 6.07) is 3.94. The first-order chi connectivity index (χ1) is 8.75. The lowest BCUT2D eigenvalue weighted by Crippen LogP contribution is -2.42. The first-order valence-corrected chi connectivity index (χ1v) is 8.60. The summed E-state index contributed by atoms with van der Waals surface area (Å²) >= 11 is 1.60. The van der Waals surface area contributed by atoms with Crippen LogP contribution in [-0.2, 0) is 15.5 Å². The van der Waals surface area contributed by atoms with E-state index in [2.05, 4.69) is 9.98 Å². The minimum absolute atomic E-state index is 0.430. The zero-order valence-electron chi connectivity index (χ0n) is 10.8. The van der Waals surface area contributed by atoms with E-state index in [0.29, 0.717) is 0 Å². The number of aromatic nitrogens is 1. The van der Waals surface area contributed by atoms with Gasteiger partial charge in [0, 0.05) is 36.0 Å². The molecule has 2 rings (SSSR count). The molecule has 0 N–H and O–H groups in total. The number of nitrogens with zero attached hydrogens (tertiary/aromatic N) is 2. The molecule has 0 aliphatic carbocycles. The highest BCUT2D eigenvalue weighted by Gasteiger charge is 2.44. The molecule has 5 heteroatoms. The molecule has 0 radical (unpaired) electrons. The van der Waals surface area contributed by atoms with Crippen molar-refractivity contribution >= 4 is 27.6 Å². The summed E-state index contributed by atoms with van der Waals surface area (Å²) in [6.07, 6.45) is 8.64. The van der Waals surface area contributed by atoms with Gasteiger partial charge in [0.1, 0.15) is 4.75 Å². The van der Waals surface area contributed by atoms with Crippen molar-refractivity contribution in [2.24, 2.45) is 4.99 Å². The molecule has 2 atom stereocenters. The van der Waals surface area contributed by atoms with E-state index in [9.17, 15) is 4.21 Å². The molecule has 0 spiro atoms. The van der Waals surface area contributed by atoms with Crippen molar-refractivity contribution in [2.75, 3.05) is 19.1 Å². The SMILES string of the molecule is CN=C(SC)[C@]1(c2cccnc2)CCCCS1=O. The van der Waals surface area contributed by atoms with Gasteiger partial charge < -0.3 is 0 Å². The number of rotatable bonds is 2. The maximum atomic E-state index is 12.7. The van der Waals surface area contributed by atoms with Crippen molar-refractivity contribution in [1.82, 2.24) is 4.98 Å². The normalized spacial score (nSPS) is 29.2. The van der Waals surface area contributed by atoms with Crippen LogP contribution in [0.3, 0.4) is 0 Å². The summed E-state index contributed by atoms with van der Waals surface area (Å²) < 4.78 is 12.2. The fraction of sp³-hybridized carbons (Fsp3) is 0.538. The van der Waals surface area contributed by atoms with Crippen LogP contribution in [0.4, 0.5) is 0 Å². The van der Waals surface area contributed by atoms with E-state index >= 15 is 0 Å². The minimum Gasteiger partial charge on any atom is -0.284 e. The highest BCUT2D eigenvalue weighted by molar-refractivity contribution is 8.14. The van der Waals surface area contributed by atoms with Crippen LogP contribution in [0.5, 0.6) is 0 Å². The van der Waals surface area contributed by atoms with Gasteiger partial charge in [-0.2, -0.15) is 0 Å². The molecule has 1 fully saturated rings. The van der Waals surface area contributed by atoms with E-state index in [1.165, 1.54) is 0 Å². The lowest BCUT2D eigenvalue weighted by atomic mass is 9.94. The summed E-state index contributed by atoms with van der Waals surface area (Å²) in [7, 11) is 0.878. The zero-order valence-corrected chi connectivity index (χ0v) is 12.4. The first-order valence-electron chi connectivity index (χ1n) is 6.06. The van der Waals surface area contributed by atoms with Gasteiger partial charge in [0.05, 0.1) is 5.04 Å². The van der Waals surface area contributed by atoms with Crippen molar-refractivity contribution < 1.29 is 4.21 Å².